The number of hydrogen-bond acceptors (Lipinski definition) is 7. The maximum absolute atomic E-state index is 12.1. The van der Waals surface area contributed by atoms with Gasteiger partial charge in [0, 0.05) is 19.6 Å². The summed E-state index contributed by atoms with van der Waals surface area (Å²) in [5.74, 6) is 1.32. The Morgan fingerprint density at radius 3 is 2.18 bits per heavy atom. The molecule has 8 nitrogen and oxygen atoms in total. The van der Waals surface area contributed by atoms with Crippen molar-refractivity contribution in [3.05, 3.63) is 24.3 Å². The van der Waals surface area contributed by atoms with E-state index in [1.807, 2.05) is 31.2 Å². The van der Waals surface area contributed by atoms with Crippen LogP contribution in [0.1, 0.15) is 13.3 Å². The van der Waals surface area contributed by atoms with E-state index in [4.69, 9.17) is 14.2 Å². The van der Waals surface area contributed by atoms with Gasteiger partial charge in [-0.15, -0.1) is 0 Å². The van der Waals surface area contributed by atoms with E-state index < -0.39 is 0 Å². The van der Waals surface area contributed by atoms with Crippen LogP contribution in [-0.4, -0.2) is 87.8 Å². The van der Waals surface area contributed by atoms with Crippen molar-refractivity contribution < 1.29 is 23.8 Å². The van der Waals surface area contributed by atoms with E-state index in [0.29, 0.717) is 32.8 Å². The maximum atomic E-state index is 12.1. The van der Waals surface area contributed by atoms with Crippen molar-refractivity contribution >= 4 is 11.9 Å². The molecule has 156 valence electrons. The molecule has 1 saturated heterocycles. The quantitative estimate of drug-likeness (QED) is 0.464. The number of amides is 1. The minimum Gasteiger partial charge on any atom is -0.494 e. The van der Waals surface area contributed by atoms with E-state index in [-0.39, 0.29) is 11.9 Å². The first-order valence-corrected chi connectivity index (χ1v) is 9.74. The Labute approximate surface area is 166 Å². The fourth-order valence-corrected chi connectivity index (χ4v) is 3.00. The molecular formula is C20H31N3O5. The molecule has 1 fully saturated rings. The summed E-state index contributed by atoms with van der Waals surface area (Å²) < 4.78 is 15.7. The second-order valence-corrected chi connectivity index (χ2v) is 6.58. The van der Waals surface area contributed by atoms with Gasteiger partial charge in [-0.3, -0.25) is 19.4 Å². The number of benzene rings is 1. The molecule has 1 aliphatic rings. The highest BCUT2D eigenvalue weighted by atomic mass is 16.5. The molecule has 0 saturated carbocycles. The first-order chi connectivity index (χ1) is 13.6. The van der Waals surface area contributed by atoms with Gasteiger partial charge in [-0.2, -0.15) is 0 Å². The maximum Gasteiger partial charge on any atom is 0.319 e. The van der Waals surface area contributed by atoms with E-state index in [0.717, 1.165) is 44.1 Å². The molecule has 28 heavy (non-hydrogen) atoms. The van der Waals surface area contributed by atoms with E-state index in [1.165, 1.54) is 7.11 Å². The van der Waals surface area contributed by atoms with Crippen LogP contribution in [-0.2, 0) is 14.3 Å². The third kappa shape index (κ3) is 8.14. The molecule has 8 heteroatoms. The summed E-state index contributed by atoms with van der Waals surface area (Å²) in [6, 6.07) is 7.43. The predicted molar refractivity (Wildman–Crippen MR) is 106 cm³/mol. The minimum atomic E-state index is -0.223. The van der Waals surface area contributed by atoms with Crippen molar-refractivity contribution in [3.8, 4) is 11.5 Å². The number of ether oxygens (including phenoxy) is 3. The Morgan fingerprint density at radius 1 is 0.964 bits per heavy atom. The van der Waals surface area contributed by atoms with Gasteiger partial charge in [-0.05, 0) is 44.2 Å². The van der Waals surface area contributed by atoms with Gasteiger partial charge in [0.05, 0.1) is 33.4 Å². The van der Waals surface area contributed by atoms with E-state index in [2.05, 4.69) is 15.1 Å². The van der Waals surface area contributed by atoms with E-state index in [1.54, 1.807) is 0 Å². The van der Waals surface area contributed by atoms with Crippen LogP contribution in [0.15, 0.2) is 24.3 Å². The van der Waals surface area contributed by atoms with E-state index in [9.17, 15) is 9.59 Å². The molecule has 1 amide bonds. The Morgan fingerprint density at radius 2 is 1.57 bits per heavy atom. The van der Waals surface area contributed by atoms with Crippen molar-refractivity contribution in [3.63, 3.8) is 0 Å². The average molecular weight is 393 g/mol. The van der Waals surface area contributed by atoms with Crippen LogP contribution >= 0.6 is 0 Å². The zero-order chi connectivity index (χ0) is 20.2. The molecule has 0 bridgehead atoms. The first kappa shape index (κ1) is 22.0. The van der Waals surface area contributed by atoms with Crippen molar-refractivity contribution in [2.75, 3.05) is 66.1 Å². The molecule has 0 unspecified atom stereocenters. The number of esters is 1. The van der Waals surface area contributed by atoms with Gasteiger partial charge in [0.2, 0.25) is 5.91 Å². The number of nitrogens with zero attached hydrogens (tertiary/aromatic N) is 2. The summed E-state index contributed by atoms with van der Waals surface area (Å²) >= 11 is 0. The van der Waals surface area contributed by atoms with Gasteiger partial charge in [-0.25, -0.2) is 0 Å². The SMILES string of the molecule is CCOc1ccc(OCCNC(=O)CN2CCCN(CC(=O)OC)CC2)cc1. The molecule has 2 rings (SSSR count). The lowest BCUT2D eigenvalue weighted by Crippen LogP contribution is -2.40. The number of carbonyl (C=O) groups excluding carboxylic acids is 2. The predicted octanol–water partition coefficient (Wildman–Crippen LogP) is 0.761. The molecule has 1 aromatic carbocycles. The number of methoxy groups -OCH3 is 1. The third-order valence-corrected chi connectivity index (χ3v) is 4.46. The van der Waals surface area contributed by atoms with Crippen LogP contribution < -0.4 is 14.8 Å². The normalized spacial score (nSPS) is 15.5. The minimum absolute atomic E-state index is 0.0169. The number of rotatable bonds is 10. The fourth-order valence-electron chi connectivity index (χ4n) is 3.00. The van der Waals surface area contributed by atoms with Gasteiger partial charge in [0.25, 0.3) is 0 Å². The number of nitrogens with one attached hydrogen (secondary N) is 1. The van der Waals surface area contributed by atoms with Gasteiger partial charge in [-0.1, -0.05) is 0 Å². The zero-order valence-electron chi connectivity index (χ0n) is 16.8. The van der Waals surface area contributed by atoms with Crippen molar-refractivity contribution in [1.29, 1.82) is 0 Å². The highest BCUT2D eigenvalue weighted by molar-refractivity contribution is 5.78. The zero-order valence-corrected chi connectivity index (χ0v) is 16.8. The molecule has 0 atom stereocenters. The topological polar surface area (TPSA) is 80.3 Å². The summed E-state index contributed by atoms with van der Waals surface area (Å²) in [5.41, 5.74) is 0. The highest BCUT2D eigenvalue weighted by Gasteiger charge is 2.18. The van der Waals surface area contributed by atoms with Gasteiger partial charge in [0.15, 0.2) is 0 Å². The monoisotopic (exact) mass is 393 g/mol. The van der Waals surface area contributed by atoms with Crippen molar-refractivity contribution in [2.24, 2.45) is 0 Å². The Hall–Kier alpha value is -2.32. The number of hydrogen-bond donors (Lipinski definition) is 1. The molecule has 1 aromatic rings. The fraction of sp³-hybridized carbons (Fsp3) is 0.600. The third-order valence-electron chi connectivity index (χ3n) is 4.46. The smallest absolute Gasteiger partial charge is 0.319 e. The lowest BCUT2D eigenvalue weighted by atomic mass is 10.3. The molecule has 1 N–H and O–H groups in total. The molecule has 0 aliphatic carbocycles. The second kappa shape index (κ2) is 12.2. The van der Waals surface area contributed by atoms with Crippen molar-refractivity contribution in [2.45, 2.75) is 13.3 Å². The molecule has 1 heterocycles. The van der Waals surface area contributed by atoms with Crippen LogP contribution in [0.25, 0.3) is 0 Å². The Kier molecular flexibility index (Phi) is 9.57. The lowest BCUT2D eigenvalue weighted by Gasteiger charge is -2.20. The summed E-state index contributed by atoms with van der Waals surface area (Å²) in [6.45, 7) is 7.28. The number of carbonyl (C=O) groups is 2. The Bertz CT molecular complexity index is 608. The van der Waals surface area contributed by atoms with Crippen molar-refractivity contribution in [1.82, 2.24) is 15.1 Å². The van der Waals surface area contributed by atoms with Gasteiger partial charge in [0.1, 0.15) is 18.1 Å². The molecule has 0 aromatic heterocycles. The highest BCUT2D eigenvalue weighted by Crippen LogP contribution is 2.17. The summed E-state index contributed by atoms with van der Waals surface area (Å²) in [5, 5.41) is 2.89. The van der Waals surface area contributed by atoms with Crippen LogP contribution in [0, 0.1) is 0 Å². The van der Waals surface area contributed by atoms with Crippen LogP contribution in [0.3, 0.4) is 0 Å². The first-order valence-electron chi connectivity index (χ1n) is 9.74. The molecule has 0 spiro atoms. The standard InChI is InChI=1S/C20H31N3O5/c1-3-27-17-5-7-18(8-6-17)28-14-9-21-19(24)15-22-10-4-11-23(13-12-22)16-20(25)26-2/h5-8H,3-4,9-16H2,1-2H3,(H,21,24). The summed E-state index contributed by atoms with van der Waals surface area (Å²) in [4.78, 5) is 27.7. The van der Waals surface area contributed by atoms with Crippen LogP contribution in [0.2, 0.25) is 0 Å². The molecule has 1 aliphatic heterocycles. The second-order valence-electron chi connectivity index (χ2n) is 6.58. The van der Waals surface area contributed by atoms with Crippen LogP contribution in [0.5, 0.6) is 11.5 Å². The molecule has 0 radical (unpaired) electrons. The van der Waals surface area contributed by atoms with Gasteiger partial charge < -0.3 is 19.5 Å². The largest absolute Gasteiger partial charge is 0.494 e. The van der Waals surface area contributed by atoms with Crippen LogP contribution in [0.4, 0.5) is 0 Å². The summed E-state index contributed by atoms with van der Waals surface area (Å²) in [6.07, 6.45) is 0.922. The lowest BCUT2D eigenvalue weighted by molar-refractivity contribution is -0.141. The van der Waals surface area contributed by atoms with E-state index >= 15 is 0 Å². The van der Waals surface area contributed by atoms with Gasteiger partial charge >= 0.3 is 5.97 Å². The Balaban J connectivity index is 1.61. The molecular weight excluding hydrogens is 362 g/mol. The average Bonchev–Trinajstić information content (AvgIpc) is 2.91. The summed E-state index contributed by atoms with van der Waals surface area (Å²) in [7, 11) is 1.40.